The van der Waals surface area contributed by atoms with Crippen molar-refractivity contribution in [2.45, 2.75) is 6.92 Å². The fourth-order valence-corrected chi connectivity index (χ4v) is 4.42. The number of aryl methyl sites for hydroxylation is 1. The molecule has 0 fully saturated rings. The number of allylic oxidation sites excluding steroid dienone is 1. The summed E-state index contributed by atoms with van der Waals surface area (Å²) in [5, 5.41) is 12.3. The monoisotopic (exact) mass is 384 g/mol. The lowest BCUT2D eigenvalue weighted by Gasteiger charge is -2.02. The van der Waals surface area contributed by atoms with Crippen molar-refractivity contribution in [2.75, 3.05) is 0 Å². The van der Waals surface area contributed by atoms with Crippen LogP contribution in [0.3, 0.4) is 0 Å². The van der Waals surface area contributed by atoms with Gasteiger partial charge in [0.15, 0.2) is 0 Å². The summed E-state index contributed by atoms with van der Waals surface area (Å²) in [4.78, 5) is 7.00. The molecular formula is C23H16N2S2. The van der Waals surface area contributed by atoms with Crippen molar-refractivity contribution >= 4 is 34.3 Å². The molecule has 0 saturated carbocycles. The Hall–Kier alpha value is -3.00. The third-order valence-electron chi connectivity index (χ3n) is 4.19. The topological polar surface area (TPSA) is 36.7 Å². The Morgan fingerprint density at radius 1 is 0.926 bits per heavy atom. The molecule has 2 heterocycles. The van der Waals surface area contributed by atoms with Crippen LogP contribution in [0.5, 0.6) is 0 Å². The SMILES string of the molecule is Cc1ccc(C=C(C#N)c2nc(-c3ccc(-c4ccccc4)cc3)cs2)s1. The molecule has 2 aromatic carbocycles. The van der Waals surface area contributed by atoms with Crippen molar-refractivity contribution in [1.82, 2.24) is 4.98 Å². The average Bonchev–Trinajstić information content (AvgIpc) is 3.36. The van der Waals surface area contributed by atoms with E-state index in [1.54, 1.807) is 11.3 Å². The zero-order chi connectivity index (χ0) is 18.6. The Kier molecular flexibility index (Phi) is 4.97. The predicted octanol–water partition coefficient (Wildman–Crippen LogP) is 6.91. The molecule has 0 atom stereocenters. The van der Waals surface area contributed by atoms with Crippen molar-refractivity contribution < 1.29 is 0 Å². The number of thiophene rings is 1. The van der Waals surface area contributed by atoms with E-state index in [1.807, 2.05) is 35.7 Å². The number of nitrogens with zero attached hydrogens (tertiary/aromatic N) is 2. The molecule has 0 bridgehead atoms. The first-order chi connectivity index (χ1) is 13.2. The van der Waals surface area contributed by atoms with Gasteiger partial charge in [0.1, 0.15) is 11.1 Å². The molecule has 4 rings (SSSR count). The molecule has 2 nitrogen and oxygen atoms in total. The van der Waals surface area contributed by atoms with Gasteiger partial charge >= 0.3 is 0 Å². The minimum Gasteiger partial charge on any atom is -0.235 e. The van der Waals surface area contributed by atoms with E-state index in [0.29, 0.717) is 5.57 Å². The fourth-order valence-electron chi connectivity index (χ4n) is 2.81. The lowest BCUT2D eigenvalue weighted by atomic mass is 10.0. The van der Waals surface area contributed by atoms with Crippen molar-refractivity contribution in [3.63, 3.8) is 0 Å². The number of hydrogen-bond acceptors (Lipinski definition) is 4. The summed E-state index contributed by atoms with van der Waals surface area (Å²) < 4.78 is 0. The van der Waals surface area contributed by atoms with Gasteiger partial charge in [-0.2, -0.15) is 5.26 Å². The van der Waals surface area contributed by atoms with Crippen LogP contribution in [0.1, 0.15) is 14.8 Å². The molecule has 0 spiro atoms. The molecule has 0 saturated heterocycles. The molecule has 4 aromatic rings. The van der Waals surface area contributed by atoms with Crippen molar-refractivity contribution in [3.8, 4) is 28.5 Å². The van der Waals surface area contributed by atoms with Crippen LogP contribution in [0, 0.1) is 18.3 Å². The zero-order valence-electron chi connectivity index (χ0n) is 14.7. The Balaban J connectivity index is 1.60. The number of benzene rings is 2. The summed E-state index contributed by atoms with van der Waals surface area (Å²) in [5.41, 5.74) is 4.94. The Labute approximate surface area is 166 Å². The first-order valence-electron chi connectivity index (χ1n) is 8.53. The second-order valence-electron chi connectivity index (χ2n) is 6.10. The number of thiazole rings is 1. The van der Waals surface area contributed by atoms with E-state index in [0.717, 1.165) is 21.1 Å². The van der Waals surface area contributed by atoms with Gasteiger partial charge in [0.25, 0.3) is 0 Å². The summed E-state index contributed by atoms with van der Waals surface area (Å²) in [7, 11) is 0. The second kappa shape index (κ2) is 7.71. The molecule has 0 amide bonds. The summed E-state index contributed by atoms with van der Waals surface area (Å²) in [6, 6.07) is 25.1. The highest BCUT2D eigenvalue weighted by atomic mass is 32.1. The van der Waals surface area contributed by atoms with Crippen LogP contribution in [-0.4, -0.2) is 4.98 Å². The number of rotatable bonds is 4. The lowest BCUT2D eigenvalue weighted by Crippen LogP contribution is -1.83. The van der Waals surface area contributed by atoms with Crippen LogP contribution in [0.15, 0.2) is 72.1 Å². The highest BCUT2D eigenvalue weighted by molar-refractivity contribution is 7.13. The maximum Gasteiger partial charge on any atom is 0.134 e. The standard InChI is InChI=1S/C23H16N2S2/c1-16-7-12-21(27-16)13-20(14-24)23-25-22(15-26-23)19-10-8-18(9-11-19)17-5-3-2-4-6-17/h2-13,15H,1H3. The van der Waals surface area contributed by atoms with Crippen LogP contribution >= 0.6 is 22.7 Å². The molecule has 0 unspecified atom stereocenters. The average molecular weight is 385 g/mol. The van der Waals surface area contributed by atoms with E-state index in [9.17, 15) is 5.26 Å². The molecule has 2 aromatic heterocycles. The van der Waals surface area contributed by atoms with Crippen LogP contribution in [0.25, 0.3) is 34.0 Å². The normalized spacial score (nSPS) is 11.3. The molecule has 0 aliphatic rings. The summed E-state index contributed by atoms with van der Waals surface area (Å²) >= 11 is 3.18. The van der Waals surface area contributed by atoms with E-state index in [2.05, 4.69) is 60.4 Å². The quantitative estimate of drug-likeness (QED) is 0.358. The van der Waals surface area contributed by atoms with Gasteiger partial charge in [-0.15, -0.1) is 22.7 Å². The summed E-state index contributed by atoms with van der Waals surface area (Å²) in [5.74, 6) is 0. The molecule has 130 valence electrons. The Bertz CT molecular complexity index is 1130. The van der Waals surface area contributed by atoms with Gasteiger partial charge in [0.05, 0.1) is 11.3 Å². The van der Waals surface area contributed by atoms with E-state index >= 15 is 0 Å². The second-order valence-corrected chi connectivity index (χ2v) is 8.28. The summed E-state index contributed by atoms with van der Waals surface area (Å²) in [6.45, 7) is 2.06. The smallest absolute Gasteiger partial charge is 0.134 e. The highest BCUT2D eigenvalue weighted by Gasteiger charge is 2.10. The molecular weight excluding hydrogens is 368 g/mol. The van der Waals surface area contributed by atoms with Crippen LogP contribution < -0.4 is 0 Å². The van der Waals surface area contributed by atoms with Crippen molar-refractivity contribution in [1.29, 1.82) is 5.26 Å². The highest BCUT2D eigenvalue weighted by Crippen LogP contribution is 2.30. The molecule has 4 heteroatoms. The Morgan fingerprint density at radius 2 is 1.63 bits per heavy atom. The van der Waals surface area contributed by atoms with Gasteiger partial charge in [0, 0.05) is 20.7 Å². The molecule has 27 heavy (non-hydrogen) atoms. The number of hydrogen-bond donors (Lipinski definition) is 0. The van der Waals surface area contributed by atoms with E-state index in [1.165, 1.54) is 27.3 Å². The van der Waals surface area contributed by atoms with Gasteiger partial charge in [0.2, 0.25) is 0 Å². The van der Waals surface area contributed by atoms with Gasteiger partial charge in [-0.05, 0) is 36.3 Å². The first-order valence-corrected chi connectivity index (χ1v) is 10.2. The molecule has 0 aliphatic carbocycles. The van der Waals surface area contributed by atoms with Gasteiger partial charge in [-0.25, -0.2) is 4.98 Å². The van der Waals surface area contributed by atoms with Gasteiger partial charge in [-0.1, -0.05) is 54.6 Å². The summed E-state index contributed by atoms with van der Waals surface area (Å²) in [6.07, 6.45) is 1.92. The number of nitriles is 1. The largest absolute Gasteiger partial charge is 0.235 e. The maximum absolute atomic E-state index is 9.54. The fraction of sp³-hybridized carbons (Fsp3) is 0.0435. The third kappa shape index (κ3) is 3.90. The minimum atomic E-state index is 0.606. The van der Waals surface area contributed by atoms with Crippen molar-refractivity contribution in [3.05, 3.63) is 86.9 Å². The van der Waals surface area contributed by atoms with E-state index in [-0.39, 0.29) is 0 Å². The van der Waals surface area contributed by atoms with Crippen molar-refractivity contribution in [2.24, 2.45) is 0 Å². The maximum atomic E-state index is 9.54. The van der Waals surface area contributed by atoms with E-state index in [4.69, 9.17) is 0 Å². The van der Waals surface area contributed by atoms with Crippen LogP contribution in [0.4, 0.5) is 0 Å². The van der Waals surface area contributed by atoms with Gasteiger partial charge < -0.3 is 0 Å². The molecule has 0 N–H and O–H groups in total. The Morgan fingerprint density at radius 3 is 2.30 bits per heavy atom. The number of aromatic nitrogens is 1. The first kappa shape index (κ1) is 17.4. The van der Waals surface area contributed by atoms with Crippen LogP contribution in [-0.2, 0) is 0 Å². The minimum absolute atomic E-state index is 0.606. The molecule has 0 aliphatic heterocycles. The predicted molar refractivity (Wildman–Crippen MR) is 116 cm³/mol. The zero-order valence-corrected chi connectivity index (χ0v) is 16.3. The van der Waals surface area contributed by atoms with Crippen LogP contribution in [0.2, 0.25) is 0 Å². The van der Waals surface area contributed by atoms with Gasteiger partial charge in [-0.3, -0.25) is 0 Å². The lowest BCUT2D eigenvalue weighted by molar-refractivity contribution is 1.37. The van der Waals surface area contributed by atoms with E-state index < -0.39 is 0 Å². The molecule has 0 radical (unpaired) electrons. The third-order valence-corrected chi connectivity index (χ3v) is 6.01.